The van der Waals surface area contributed by atoms with Gasteiger partial charge in [-0.05, 0) is 25.2 Å². The molecule has 1 aromatic rings. The van der Waals surface area contributed by atoms with Crippen molar-refractivity contribution in [3.8, 4) is 0 Å². The van der Waals surface area contributed by atoms with Gasteiger partial charge in [0, 0.05) is 51.1 Å². The van der Waals surface area contributed by atoms with E-state index in [0.29, 0.717) is 0 Å². The lowest BCUT2D eigenvalue weighted by Gasteiger charge is -2.22. The normalized spacial score (nSPS) is 14.4. The number of likely N-dealkylation sites (N-methyl/N-ethyl adjacent to an activating group) is 1. The Labute approximate surface area is 164 Å². The van der Waals surface area contributed by atoms with Crippen molar-refractivity contribution in [2.24, 2.45) is 10.9 Å². The molecule has 0 aromatic carbocycles. The van der Waals surface area contributed by atoms with Gasteiger partial charge in [-0.2, -0.15) is 0 Å². The van der Waals surface area contributed by atoms with Crippen molar-refractivity contribution >= 4 is 53.0 Å². The Morgan fingerprint density at radius 3 is 3.04 bits per heavy atom. The van der Waals surface area contributed by atoms with E-state index in [4.69, 9.17) is 4.74 Å². The predicted molar refractivity (Wildman–Crippen MR) is 110 cm³/mol. The molecule has 23 heavy (non-hydrogen) atoms. The van der Waals surface area contributed by atoms with Crippen molar-refractivity contribution in [2.75, 3.05) is 46.2 Å². The minimum absolute atomic E-state index is 0. The van der Waals surface area contributed by atoms with Gasteiger partial charge in [0.15, 0.2) is 5.96 Å². The average Bonchev–Trinajstić information content (AvgIpc) is 3.21. The number of hydrogen-bond donors (Lipinski definition) is 1. The van der Waals surface area contributed by atoms with Crippen LogP contribution in [0.4, 0.5) is 0 Å². The van der Waals surface area contributed by atoms with E-state index < -0.39 is 0 Å². The first-order valence-corrected chi connectivity index (χ1v) is 9.68. The van der Waals surface area contributed by atoms with Gasteiger partial charge in [-0.1, -0.05) is 11.8 Å². The third-order valence-corrected chi connectivity index (χ3v) is 5.49. The second-order valence-electron chi connectivity index (χ2n) is 5.41. The van der Waals surface area contributed by atoms with Crippen LogP contribution in [0.5, 0.6) is 0 Å². The summed E-state index contributed by atoms with van der Waals surface area (Å²) in [4.78, 5) is 10.7. The minimum Gasteiger partial charge on any atom is -0.379 e. The van der Waals surface area contributed by atoms with Crippen LogP contribution < -0.4 is 5.32 Å². The van der Waals surface area contributed by atoms with Gasteiger partial charge in [0.25, 0.3) is 0 Å². The van der Waals surface area contributed by atoms with Crippen LogP contribution in [-0.2, 0) is 4.74 Å². The van der Waals surface area contributed by atoms with Crippen molar-refractivity contribution in [1.29, 1.82) is 0 Å². The molecular formula is C15H27IN4OS2. The zero-order valence-corrected chi connectivity index (χ0v) is 17.8. The fraction of sp³-hybridized carbons (Fsp3) is 0.733. The van der Waals surface area contributed by atoms with Gasteiger partial charge >= 0.3 is 0 Å². The van der Waals surface area contributed by atoms with Crippen molar-refractivity contribution in [3.05, 3.63) is 11.6 Å². The fourth-order valence-corrected chi connectivity index (χ4v) is 3.59. The summed E-state index contributed by atoms with van der Waals surface area (Å²) in [5, 5.41) is 5.42. The molecule has 0 radical (unpaired) electrons. The SMILES string of the molecule is CN=C(NCCCSc1nccs1)N(C)CCOCC1CC1.I. The lowest BCUT2D eigenvalue weighted by atomic mass is 10.4. The third-order valence-electron chi connectivity index (χ3n) is 3.43. The number of aromatic nitrogens is 1. The number of thiazole rings is 1. The average molecular weight is 470 g/mol. The molecule has 0 saturated heterocycles. The minimum atomic E-state index is 0. The van der Waals surface area contributed by atoms with Gasteiger partial charge in [0.1, 0.15) is 4.34 Å². The standard InChI is InChI=1S/C15H26N4OS2.HI/c1-16-14(19(2)8-9-20-12-13-4-5-13)17-6-3-10-21-15-18-7-11-22-15;/h7,11,13H,3-6,8-10,12H2,1-2H3,(H,16,17);1H. The maximum atomic E-state index is 5.67. The van der Waals surface area contributed by atoms with Gasteiger partial charge in [-0.15, -0.1) is 35.3 Å². The summed E-state index contributed by atoms with van der Waals surface area (Å²) < 4.78 is 6.82. The molecule has 132 valence electrons. The molecule has 2 rings (SSSR count). The van der Waals surface area contributed by atoms with E-state index in [-0.39, 0.29) is 24.0 Å². The van der Waals surface area contributed by atoms with E-state index in [2.05, 4.69) is 27.2 Å². The van der Waals surface area contributed by atoms with Crippen LogP contribution >= 0.6 is 47.1 Å². The van der Waals surface area contributed by atoms with E-state index in [1.165, 1.54) is 12.8 Å². The van der Waals surface area contributed by atoms with Crippen LogP contribution in [0, 0.1) is 5.92 Å². The number of hydrogen-bond acceptors (Lipinski definition) is 5. The van der Waals surface area contributed by atoms with Crippen LogP contribution in [0.25, 0.3) is 0 Å². The van der Waals surface area contributed by atoms with Gasteiger partial charge in [-0.3, -0.25) is 4.99 Å². The Morgan fingerprint density at radius 1 is 1.57 bits per heavy atom. The molecule has 0 unspecified atom stereocenters. The van der Waals surface area contributed by atoms with Crippen LogP contribution in [0.1, 0.15) is 19.3 Å². The number of thioether (sulfide) groups is 1. The Hall–Kier alpha value is -0.0600. The maximum Gasteiger partial charge on any atom is 0.193 e. The highest BCUT2D eigenvalue weighted by Crippen LogP contribution is 2.28. The second-order valence-corrected chi connectivity index (χ2v) is 7.65. The molecule has 1 heterocycles. The van der Waals surface area contributed by atoms with Gasteiger partial charge in [0.2, 0.25) is 0 Å². The van der Waals surface area contributed by atoms with Crippen molar-refractivity contribution in [1.82, 2.24) is 15.2 Å². The molecule has 1 aromatic heterocycles. The Kier molecular flexibility index (Phi) is 11.2. The molecule has 0 aliphatic heterocycles. The van der Waals surface area contributed by atoms with Crippen molar-refractivity contribution in [2.45, 2.75) is 23.6 Å². The van der Waals surface area contributed by atoms with Crippen molar-refractivity contribution < 1.29 is 4.74 Å². The summed E-state index contributed by atoms with van der Waals surface area (Å²) in [6, 6.07) is 0. The zero-order valence-electron chi connectivity index (χ0n) is 13.9. The van der Waals surface area contributed by atoms with E-state index in [9.17, 15) is 0 Å². The number of aliphatic imine (C=N–C) groups is 1. The number of nitrogens with one attached hydrogen (secondary N) is 1. The van der Waals surface area contributed by atoms with Crippen LogP contribution in [0.2, 0.25) is 0 Å². The number of ether oxygens (including phenoxy) is 1. The molecule has 0 atom stereocenters. The first-order valence-electron chi connectivity index (χ1n) is 7.81. The van der Waals surface area contributed by atoms with Gasteiger partial charge in [0.05, 0.1) is 6.61 Å². The van der Waals surface area contributed by atoms with Crippen LogP contribution in [0.15, 0.2) is 20.9 Å². The molecule has 1 aliphatic rings. The Morgan fingerprint density at radius 2 is 2.39 bits per heavy atom. The number of guanidine groups is 1. The highest BCUT2D eigenvalue weighted by atomic mass is 127. The summed E-state index contributed by atoms with van der Waals surface area (Å²) in [6.45, 7) is 3.50. The van der Waals surface area contributed by atoms with Gasteiger partial charge < -0.3 is 15.0 Å². The fourth-order valence-electron chi connectivity index (χ4n) is 1.94. The maximum absolute atomic E-state index is 5.67. The number of halogens is 1. The molecule has 0 spiro atoms. The molecule has 1 saturated carbocycles. The highest BCUT2D eigenvalue weighted by Gasteiger charge is 2.21. The lowest BCUT2D eigenvalue weighted by Crippen LogP contribution is -2.41. The molecule has 5 nitrogen and oxygen atoms in total. The quantitative estimate of drug-likeness (QED) is 0.187. The monoisotopic (exact) mass is 470 g/mol. The van der Waals surface area contributed by atoms with Crippen LogP contribution in [-0.4, -0.2) is 62.0 Å². The molecule has 1 aliphatic carbocycles. The number of rotatable bonds is 10. The molecule has 0 bridgehead atoms. The number of nitrogens with zero attached hydrogens (tertiary/aromatic N) is 3. The lowest BCUT2D eigenvalue weighted by molar-refractivity contribution is 0.115. The summed E-state index contributed by atoms with van der Waals surface area (Å²) in [6.07, 6.45) is 5.64. The molecule has 0 amide bonds. The topological polar surface area (TPSA) is 49.8 Å². The van der Waals surface area contributed by atoms with E-state index in [0.717, 1.165) is 54.7 Å². The summed E-state index contributed by atoms with van der Waals surface area (Å²) in [5.74, 6) is 2.85. The van der Waals surface area contributed by atoms with E-state index >= 15 is 0 Å². The van der Waals surface area contributed by atoms with E-state index in [1.54, 1.807) is 11.3 Å². The zero-order chi connectivity index (χ0) is 15.6. The van der Waals surface area contributed by atoms with Gasteiger partial charge in [-0.25, -0.2) is 4.98 Å². The summed E-state index contributed by atoms with van der Waals surface area (Å²) in [5.41, 5.74) is 0. The Bertz CT molecular complexity index is 441. The molecule has 8 heteroatoms. The summed E-state index contributed by atoms with van der Waals surface area (Å²) >= 11 is 3.51. The smallest absolute Gasteiger partial charge is 0.193 e. The predicted octanol–water partition coefficient (Wildman–Crippen LogP) is 3.18. The molecule has 1 fully saturated rings. The van der Waals surface area contributed by atoms with E-state index in [1.807, 2.05) is 30.4 Å². The van der Waals surface area contributed by atoms with Crippen molar-refractivity contribution in [3.63, 3.8) is 0 Å². The largest absolute Gasteiger partial charge is 0.379 e. The third kappa shape index (κ3) is 9.11. The summed E-state index contributed by atoms with van der Waals surface area (Å²) in [7, 11) is 3.88. The highest BCUT2D eigenvalue weighted by molar-refractivity contribution is 14.0. The first-order chi connectivity index (χ1) is 10.8. The first kappa shape index (κ1) is 21.0. The second kappa shape index (κ2) is 12.3. The van der Waals surface area contributed by atoms with Crippen LogP contribution in [0.3, 0.4) is 0 Å². The molecule has 1 N–H and O–H groups in total. The Balaban J connectivity index is 0.00000264. The molecular weight excluding hydrogens is 443 g/mol.